The second kappa shape index (κ2) is 6.97. The van der Waals surface area contributed by atoms with Crippen LogP contribution in [0.25, 0.3) is 0 Å². The van der Waals surface area contributed by atoms with E-state index in [1.54, 1.807) is 0 Å². The fraction of sp³-hybridized carbons (Fsp3) is 0.923. The normalized spacial score (nSPS) is 27.8. The summed E-state index contributed by atoms with van der Waals surface area (Å²) < 4.78 is 4.77. The van der Waals surface area contributed by atoms with Crippen LogP contribution in [0, 0.1) is 11.8 Å². The van der Waals surface area contributed by atoms with Crippen molar-refractivity contribution in [1.29, 1.82) is 0 Å². The third-order valence-corrected chi connectivity index (χ3v) is 3.51. The van der Waals surface area contributed by atoms with E-state index in [-0.39, 0.29) is 12.0 Å². The van der Waals surface area contributed by atoms with Gasteiger partial charge in [0.15, 0.2) is 0 Å². The average Bonchev–Trinajstić information content (AvgIpc) is 2.28. The monoisotopic (exact) mass is 242 g/mol. The Balaban J connectivity index is 2.35. The lowest BCUT2D eigenvalue weighted by atomic mass is 9.92. The Morgan fingerprint density at radius 3 is 2.47 bits per heavy atom. The molecule has 3 unspecified atom stereocenters. The van der Waals surface area contributed by atoms with Gasteiger partial charge in [0, 0.05) is 19.6 Å². The molecular weight excluding hydrogens is 216 g/mol. The van der Waals surface area contributed by atoms with E-state index in [0.29, 0.717) is 0 Å². The van der Waals surface area contributed by atoms with Gasteiger partial charge in [-0.05, 0) is 31.7 Å². The van der Waals surface area contributed by atoms with E-state index in [2.05, 4.69) is 24.1 Å². The van der Waals surface area contributed by atoms with Gasteiger partial charge in [-0.3, -0.25) is 4.79 Å². The molecule has 4 heteroatoms. The van der Waals surface area contributed by atoms with Crippen molar-refractivity contribution in [2.75, 3.05) is 33.8 Å². The summed E-state index contributed by atoms with van der Waals surface area (Å²) in [5.41, 5.74) is 0. The zero-order chi connectivity index (χ0) is 12.8. The lowest BCUT2D eigenvalue weighted by Gasteiger charge is -2.35. The number of likely N-dealkylation sites (N-methyl/N-ethyl adjacent to an activating group) is 1. The summed E-state index contributed by atoms with van der Waals surface area (Å²) in [4.78, 5) is 13.9. The maximum atomic E-state index is 11.4. The molecule has 1 aliphatic heterocycles. The van der Waals surface area contributed by atoms with E-state index < -0.39 is 0 Å². The molecule has 3 atom stereocenters. The lowest BCUT2D eigenvalue weighted by Crippen LogP contribution is -2.43. The number of likely N-dealkylation sites (tertiary alicyclic amines) is 1. The van der Waals surface area contributed by atoms with E-state index >= 15 is 0 Å². The van der Waals surface area contributed by atoms with Gasteiger partial charge in [0.2, 0.25) is 0 Å². The first-order valence-corrected chi connectivity index (χ1v) is 6.54. The van der Waals surface area contributed by atoms with Crippen LogP contribution in [-0.4, -0.2) is 50.7 Å². The van der Waals surface area contributed by atoms with Gasteiger partial charge in [0.1, 0.15) is 6.04 Å². The second-order valence-electron chi connectivity index (χ2n) is 5.36. The smallest absolute Gasteiger partial charge is 0.322 e. The number of nitrogens with one attached hydrogen (secondary N) is 1. The van der Waals surface area contributed by atoms with Crippen LogP contribution in [0.5, 0.6) is 0 Å². The van der Waals surface area contributed by atoms with Crippen molar-refractivity contribution in [3.8, 4) is 0 Å². The zero-order valence-electron chi connectivity index (χ0n) is 11.5. The quantitative estimate of drug-likeness (QED) is 0.734. The number of piperidine rings is 1. The van der Waals surface area contributed by atoms with Gasteiger partial charge in [-0.2, -0.15) is 0 Å². The Hall–Kier alpha value is -0.610. The van der Waals surface area contributed by atoms with Crippen molar-refractivity contribution in [1.82, 2.24) is 10.2 Å². The fourth-order valence-corrected chi connectivity index (χ4v) is 2.81. The molecule has 0 aromatic carbocycles. The first-order chi connectivity index (χ1) is 8.06. The molecule has 0 radical (unpaired) electrons. The van der Waals surface area contributed by atoms with Gasteiger partial charge < -0.3 is 15.0 Å². The summed E-state index contributed by atoms with van der Waals surface area (Å²) in [6.45, 7) is 7.89. The predicted octanol–water partition coefficient (Wildman–Crippen LogP) is 1.12. The molecule has 1 rings (SSSR count). The highest BCUT2D eigenvalue weighted by atomic mass is 16.5. The third kappa shape index (κ3) is 4.64. The summed E-state index contributed by atoms with van der Waals surface area (Å²) in [7, 11) is 3.25. The van der Waals surface area contributed by atoms with Gasteiger partial charge >= 0.3 is 5.97 Å². The number of hydrogen-bond acceptors (Lipinski definition) is 4. The molecule has 0 aromatic heterocycles. The first-order valence-electron chi connectivity index (χ1n) is 6.54. The Morgan fingerprint density at radius 1 is 1.41 bits per heavy atom. The van der Waals surface area contributed by atoms with Crippen molar-refractivity contribution in [3.05, 3.63) is 0 Å². The van der Waals surface area contributed by atoms with Crippen molar-refractivity contribution in [3.63, 3.8) is 0 Å². The lowest BCUT2D eigenvalue weighted by molar-refractivity contribution is -0.143. The number of carbonyl (C=O) groups is 1. The average molecular weight is 242 g/mol. The molecule has 4 nitrogen and oxygen atoms in total. The number of methoxy groups -OCH3 is 1. The molecule has 0 saturated carbocycles. The zero-order valence-corrected chi connectivity index (χ0v) is 11.5. The largest absolute Gasteiger partial charge is 0.468 e. The van der Waals surface area contributed by atoms with Gasteiger partial charge in [-0.15, -0.1) is 0 Å². The topological polar surface area (TPSA) is 41.6 Å². The van der Waals surface area contributed by atoms with Crippen molar-refractivity contribution in [2.45, 2.75) is 32.7 Å². The van der Waals surface area contributed by atoms with Gasteiger partial charge in [0.05, 0.1) is 7.11 Å². The number of esters is 1. The van der Waals surface area contributed by atoms with Crippen LogP contribution < -0.4 is 5.32 Å². The molecule has 1 aliphatic rings. The van der Waals surface area contributed by atoms with E-state index in [0.717, 1.165) is 37.9 Å². The maximum absolute atomic E-state index is 11.4. The molecular formula is C13H26N2O2. The first kappa shape index (κ1) is 14.5. The third-order valence-electron chi connectivity index (χ3n) is 3.51. The van der Waals surface area contributed by atoms with E-state index in [4.69, 9.17) is 4.74 Å². The molecule has 0 spiro atoms. The summed E-state index contributed by atoms with van der Waals surface area (Å²) in [5, 5.41) is 3.01. The molecule has 0 aliphatic carbocycles. The van der Waals surface area contributed by atoms with Gasteiger partial charge in [-0.1, -0.05) is 13.8 Å². The van der Waals surface area contributed by atoms with Crippen LogP contribution in [0.15, 0.2) is 0 Å². The van der Waals surface area contributed by atoms with Crippen LogP contribution in [0.2, 0.25) is 0 Å². The molecule has 0 bridgehead atoms. The minimum atomic E-state index is -0.174. The minimum absolute atomic E-state index is 0.161. The molecule has 1 N–H and O–H groups in total. The molecule has 1 fully saturated rings. The molecule has 1 heterocycles. The number of rotatable bonds is 5. The van der Waals surface area contributed by atoms with Crippen molar-refractivity contribution in [2.24, 2.45) is 11.8 Å². The van der Waals surface area contributed by atoms with Crippen LogP contribution in [0.1, 0.15) is 26.7 Å². The number of hydrogen-bond donors (Lipinski definition) is 1. The maximum Gasteiger partial charge on any atom is 0.322 e. The molecule has 0 aromatic rings. The highest BCUT2D eigenvalue weighted by Crippen LogP contribution is 2.21. The second-order valence-corrected chi connectivity index (χ2v) is 5.36. The summed E-state index contributed by atoms with van der Waals surface area (Å²) in [6.07, 6.45) is 2.14. The van der Waals surface area contributed by atoms with Crippen molar-refractivity contribution < 1.29 is 9.53 Å². The van der Waals surface area contributed by atoms with E-state index in [9.17, 15) is 4.79 Å². The van der Waals surface area contributed by atoms with E-state index in [1.165, 1.54) is 13.5 Å². The Kier molecular flexibility index (Phi) is 5.92. The van der Waals surface area contributed by atoms with Crippen LogP contribution in [0.3, 0.4) is 0 Å². The standard InChI is InChI=1S/C13H26N2O2/c1-10-7-11(2)9-15(8-10)6-5-12(14-3)13(16)17-4/h10-12,14H,5-9H2,1-4H3. The Labute approximate surface area is 105 Å². The number of carbonyl (C=O) groups excluding carboxylic acids is 1. The van der Waals surface area contributed by atoms with Crippen LogP contribution in [-0.2, 0) is 9.53 Å². The Morgan fingerprint density at radius 2 is 2.00 bits per heavy atom. The molecule has 100 valence electrons. The fourth-order valence-electron chi connectivity index (χ4n) is 2.81. The van der Waals surface area contributed by atoms with Crippen LogP contribution in [0.4, 0.5) is 0 Å². The molecule has 17 heavy (non-hydrogen) atoms. The van der Waals surface area contributed by atoms with Gasteiger partial charge in [-0.25, -0.2) is 0 Å². The number of nitrogens with zero attached hydrogens (tertiary/aromatic N) is 1. The minimum Gasteiger partial charge on any atom is -0.468 e. The van der Waals surface area contributed by atoms with Crippen molar-refractivity contribution >= 4 is 5.97 Å². The number of ether oxygens (including phenoxy) is 1. The Bertz CT molecular complexity index is 236. The van der Waals surface area contributed by atoms with Crippen LogP contribution >= 0.6 is 0 Å². The highest BCUT2D eigenvalue weighted by Gasteiger charge is 2.23. The van der Waals surface area contributed by atoms with Gasteiger partial charge in [0.25, 0.3) is 0 Å². The SMILES string of the molecule is CNC(CCN1CC(C)CC(C)C1)C(=O)OC. The highest BCUT2D eigenvalue weighted by molar-refractivity contribution is 5.75. The predicted molar refractivity (Wildman–Crippen MR) is 68.9 cm³/mol. The summed E-state index contributed by atoms with van der Waals surface area (Å²) in [5.74, 6) is 1.38. The summed E-state index contributed by atoms with van der Waals surface area (Å²) >= 11 is 0. The molecule has 0 amide bonds. The molecule has 1 saturated heterocycles. The van der Waals surface area contributed by atoms with E-state index in [1.807, 2.05) is 7.05 Å². The summed E-state index contributed by atoms with van der Waals surface area (Å²) in [6, 6.07) is -0.174.